The quantitative estimate of drug-likeness (QED) is 0.522. The fourth-order valence-corrected chi connectivity index (χ4v) is 3.34. The molecule has 3 nitrogen and oxygen atoms in total. The second-order valence-electron chi connectivity index (χ2n) is 5.85. The number of fused-ring (bicyclic) bond motifs is 1. The normalized spacial score (nSPS) is 10.9. The van der Waals surface area contributed by atoms with Gasteiger partial charge in [0.1, 0.15) is 5.82 Å². The Morgan fingerprint density at radius 3 is 2.62 bits per heavy atom. The maximum atomic E-state index is 4.69. The number of aromatic nitrogens is 2. The highest BCUT2D eigenvalue weighted by Gasteiger charge is 2.07. The average molecular weight is 331 g/mol. The van der Waals surface area contributed by atoms with Crippen molar-refractivity contribution in [2.24, 2.45) is 0 Å². The molecule has 0 spiro atoms. The molecule has 1 N–H and O–H groups in total. The molecule has 24 heavy (non-hydrogen) atoms. The molecule has 0 aliphatic heterocycles. The number of anilines is 2. The molecule has 0 unspecified atom stereocenters. The molecule has 118 valence electrons. The maximum absolute atomic E-state index is 4.69. The average Bonchev–Trinajstić information content (AvgIpc) is 3.06. The number of rotatable bonds is 3. The van der Waals surface area contributed by atoms with E-state index in [1.54, 1.807) is 11.3 Å². The van der Waals surface area contributed by atoms with E-state index in [0.29, 0.717) is 0 Å². The van der Waals surface area contributed by atoms with Gasteiger partial charge in [-0.2, -0.15) is 0 Å². The van der Waals surface area contributed by atoms with E-state index in [1.165, 1.54) is 11.1 Å². The summed E-state index contributed by atoms with van der Waals surface area (Å²) in [5, 5.41) is 7.38. The van der Waals surface area contributed by atoms with Crippen molar-refractivity contribution in [3.05, 3.63) is 71.1 Å². The molecule has 4 aromatic rings. The molecule has 0 radical (unpaired) electrons. The van der Waals surface area contributed by atoms with Gasteiger partial charge < -0.3 is 5.32 Å². The van der Waals surface area contributed by atoms with Crippen LogP contribution in [0.3, 0.4) is 0 Å². The van der Waals surface area contributed by atoms with Crippen molar-refractivity contribution in [3.8, 4) is 11.3 Å². The number of nitrogens with zero attached hydrogens (tertiary/aromatic N) is 2. The van der Waals surface area contributed by atoms with E-state index >= 15 is 0 Å². The molecule has 0 saturated carbocycles. The molecule has 0 fully saturated rings. The van der Waals surface area contributed by atoms with Crippen LogP contribution in [0.5, 0.6) is 0 Å². The van der Waals surface area contributed by atoms with E-state index in [0.717, 1.165) is 33.1 Å². The minimum Gasteiger partial charge on any atom is -0.316 e. The molecule has 0 atom stereocenters. The van der Waals surface area contributed by atoms with Crippen LogP contribution in [0.2, 0.25) is 0 Å². The van der Waals surface area contributed by atoms with Gasteiger partial charge in [-0.3, -0.25) is 0 Å². The van der Waals surface area contributed by atoms with E-state index in [-0.39, 0.29) is 0 Å². The summed E-state index contributed by atoms with van der Waals surface area (Å²) in [6.45, 7) is 4.25. The zero-order valence-corrected chi connectivity index (χ0v) is 14.4. The summed E-state index contributed by atoms with van der Waals surface area (Å²) < 4.78 is 0. The van der Waals surface area contributed by atoms with Gasteiger partial charge in [-0.25, -0.2) is 9.97 Å². The SMILES string of the molecule is Cc1ccc(-c2csc(Nc3ccc4ccccc4n3)n2)cc1C. The largest absolute Gasteiger partial charge is 0.316 e. The summed E-state index contributed by atoms with van der Waals surface area (Å²) >= 11 is 1.59. The molecule has 0 bridgehead atoms. The zero-order chi connectivity index (χ0) is 16.5. The van der Waals surface area contributed by atoms with Crippen LogP contribution in [0.4, 0.5) is 10.9 Å². The molecule has 2 heterocycles. The Morgan fingerprint density at radius 1 is 0.875 bits per heavy atom. The van der Waals surface area contributed by atoms with E-state index < -0.39 is 0 Å². The Kier molecular flexibility index (Phi) is 3.75. The third-order valence-electron chi connectivity index (χ3n) is 4.14. The number of thiazole rings is 1. The highest BCUT2D eigenvalue weighted by atomic mass is 32.1. The Bertz CT molecular complexity index is 1020. The van der Waals surface area contributed by atoms with Gasteiger partial charge in [-0.1, -0.05) is 30.3 Å². The van der Waals surface area contributed by atoms with Crippen LogP contribution in [0.25, 0.3) is 22.2 Å². The zero-order valence-electron chi connectivity index (χ0n) is 13.6. The van der Waals surface area contributed by atoms with Crippen molar-refractivity contribution in [1.82, 2.24) is 9.97 Å². The Balaban J connectivity index is 1.61. The molecule has 0 aliphatic rings. The van der Waals surface area contributed by atoms with E-state index in [4.69, 9.17) is 4.98 Å². The molecule has 0 saturated heterocycles. The number of benzene rings is 2. The Hall–Kier alpha value is -2.72. The fraction of sp³-hybridized carbons (Fsp3) is 0.100. The molecule has 2 aromatic carbocycles. The predicted octanol–water partition coefficient (Wildman–Crippen LogP) is 5.72. The van der Waals surface area contributed by atoms with Gasteiger partial charge in [0.2, 0.25) is 0 Å². The van der Waals surface area contributed by atoms with Crippen molar-refractivity contribution in [1.29, 1.82) is 0 Å². The highest BCUT2D eigenvalue weighted by Crippen LogP contribution is 2.28. The molecular formula is C20H17N3S. The summed E-state index contributed by atoms with van der Waals surface area (Å²) in [5.41, 5.74) is 5.70. The van der Waals surface area contributed by atoms with Crippen LogP contribution < -0.4 is 5.32 Å². The van der Waals surface area contributed by atoms with Crippen molar-refractivity contribution < 1.29 is 0 Å². The number of nitrogens with one attached hydrogen (secondary N) is 1. The first-order valence-electron chi connectivity index (χ1n) is 7.85. The minimum atomic E-state index is 0.815. The summed E-state index contributed by atoms with van der Waals surface area (Å²) in [6.07, 6.45) is 0. The Morgan fingerprint density at radius 2 is 1.75 bits per heavy atom. The fourth-order valence-electron chi connectivity index (χ4n) is 2.61. The third kappa shape index (κ3) is 2.88. The van der Waals surface area contributed by atoms with Crippen LogP contribution in [-0.2, 0) is 0 Å². The van der Waals surface area contributed by atoms with Gasteiger partial charge in [0.05, 0.1) is 11.2 Å². The number of aryl methyl sites for hydroxylation is 2. The standard InChI is InChI=1S/C20H17N3S/c1-13-7-8-16(11-14(13)2)18-12-24-20(22-18)23-19-10-9-15-5-3-4-6-17(15)21-19/h3-12H,1-2H3,(H,21,22,23). The lowest BCUT2D eigenvalue weighted by Gasteiger charge is -2.04. The monoisotopic (exact) mass is 331 g/mol. The van der Waals surface area contributed by atoms with Gasteiger partial charge in [-0.15, -0.1) is 11.3 Å². The van der Waals surface area contributed by atoms with Crippen LogP contribution in [0.15, 0.2) is 60.0 Å². The topological polar surface area (TPSA) is 37.8 Å². The summed E-state index contributed by atoms with van der Waals surface area (Å²) in [7, 11) is 0. The lowest BCUT2D eigenvalue weighted by molar-refractivity contribution is 1.31. The number of para-hydroxylation sites is 1. The summed E-state index contributed by atoms with van der Waals surface area (Å²) in [5.74, 6) is 0.815. The van der Waals surface area contributed by atoms with Gasteiger partial charge in [0.15, 0.2) is 5.13 Å². The molecular weight excluding hydrogens is 314 g/mol. The molecule has 2 aromatic heterocycles. The lowest BCUT2D eigenvalue weighted by atomic mass is 10.1. The molecule has 4 heteroatoms. The van der Waals surface area contributed by atoms with Crippen LogP contribution in [-0.4, -0.2) is 9.97 Å². The van der Waals surface area contributed by atoms with Crippen LogP contribution in [0, 0.1) is 13.8 Å². The first kappa shape index (κ1) is 14.8. The van der Waals surface area contributed by atoms with Crippen molar-refractivity contribution in [2.75, 3.05) is 5.32 Å². The first-order valence-corrected chi connectivity index (χ1v) is 8.73. The van der Waals surface area contributed by atoms with Gasteiger partial charge in [0, 0.05) is 16.3 Å². The van der Waals surface area contributed by atoms with Gasteiger partial charge in [0.25, 0.3) is 0 Å². The summed E-state index contributed by atoms with van der Waals surface area (Å²) in [6, 6.07) is 18.6. The molecule has 0 aliphatic carbocycles. The van der Waals surface area contributed by atoms with Crippen LogP contribution >= 0.6 is 11.3 Å². The first-order chi connectivity index (χ1) is 11.7. The van der Waals surface area contributed by atoms with E-state index in [1.807, 2.05) is 24.3 Å². The molecule has 4 rings (SSSR count). The van der Waals surface area contributed by atoms with Crippen molar-refractivity contribution in [2.45, 2.75) is 13.8 Å². The van der Waals surface area contributed by atoms with Gasteiger partial charge >= 0.3 is 0 Å². The predicted molar refractivity (Wildman–Crippen MR) is 102 cm³/mol. The van der Waals surface area contributed by atoms with Gasteiger partial charge in [-0.05, 0) is 49.2 Å². The van der Waals surface area contributed by atoms with Crippen molar-refractivity contribution >= 4 is 33.2 Å². The number of hydrogen-bond donors (Lipinski definition) is 1. The Labute approximate surface area is 145 Å². The maximum Gasteiger partial charge on any atom is 0.188 e. The molecule has 0 amide bonds. The second-order valence-corrected chi connectivity index (χ2v) is 6.71. The van der Waals surface area contributed by atoms with E-state index in [9.17, 15) is 0 Å². The van der Waals surface area contributed by atoms with Crippen molar-refractivity contribution in [3.63, 3.8) is 0 Å². The minimum absolute atomic E-state index is 0.815. The van der Waals surface area contributed by atoms with Crippen LogP contribution in [0.1, 0.15) is 11.1 Å². The lowest BCUT2D eigenvalue weighted by Crippen LogP contribution is -1.93. The smallest absolute Gasteiger partial charge is 0.188 e. The number of hydrogen-bond acceptors (Lipinski definition) is 4. The second kappa shape index (κ2) is 6.06. The van der Waals surface area contributed by atoms with E-state index in [2.05, 4.69) is 59.9 Å². The highest BCUT2D eigenvalue weighted by molar-refractivity contribution is 7.14. The summed E-state index contributed by atoms with van der Waals surface area (Å²) in [4.78, 5) is 9.33. The number of pyridine rings is 1. The third-order valence-corrected chi connectivity index (χ3v) is 4.90.